The molecule has 2 aliphatic rings. The highest BCUT2D eigenvalue weighted by Crippen LogP contribution is 2.29. The van der Waals surface area contributed by atoms with Crippen LogP contribution in [0.25, 0.3) is 0 Å². The lowest BCUT2D eigenvalue weighted by Gasteiger charge is -2.29. The van der Waals surface area contributed by atoms with Crippen LogP contribution in [0, 0.1) is 23.1 Å². The molecule has 186 valence electrons. The summed E-state index contributed by atoms with van der Waals surface area (Å²) in [5.41, 5.74) is 0.240. The molecule has 1 saturated carbocycles. The van der Waals surface area contributed by atoms with E-state index in [1.807, 2.05) is 6.07 Å². The number of rotatable bonds is 10. The quantitative estimate of drug-likeness (QED) is 0.401. The van der Waals surface area contributed by atoms with E-state index >= 15 is 0 Å². The Morgan fingerprint density at radius 3 is 2.77 bits per heavy atom. The SMILES string of the molecule is CCNC(CC1CCC(Oc2ccnc(COc3ccc(C#N)cc3F)n2)CC1)=NC[C@@H]1CCO1. The van der Waals surface area contributed by atoms with Gasteiger partial charge in [-0.2, -0.15) is 10.2 Å². The van der Waals surface area contributed by atoms with E-state index in [0.717, 1.165) is 70.1 Å². The number of aliphatic imine (C=N–C) groups is 1. The van der Waals surface area contributed by atoms with Crippen molar-refractivity contribution < 1.29 is 18.6 Å². The van der Waals surface area contributed by atoms with Gasteiger partial charge >= 0.3 is 0 Å². The van der Waals surface area contributed by atoms with Crippen molar-refractivity contribution in [2.45, 2.75) is 64.3 Å². The first kappa shape index (κ1) is 24.9. The molecule has 2 fully saturated rings. The maximum atomic E-state index is 14.0. The Hall–Kier alpha value is -3.25. The summed E-state index contributed by atoms with van der Waals surface area (Å²) in [5, 5.41) is 12.3. The summed E-state index contributed by atoms with van der Waals surface area (Å²) >= 11 is 0. The number of amidine groups is 1. The van der Waals surface area contributed by atoms with E-state index in [-0.39, 0.29) is 24.0 Å². The van der Waals surface area contributed by atoms with E-state index in [9.17, 15) is 4.39 Å². The minimum atomic E-state index is -0.591. The standard InChI is InChI=1S/C26H32FN5O3/c1-2-29-24(31-16-21-10-12-33-21)14-18-3-6-20(7-4-18)35-26-9-11-30-25(32-26)17-34-23-8-5-19(15-28)13-22(23)27/h5,8-9,11,13,18,20-21H,2-4,6-7,10,12,14,16-17H2,1H3,(H,29,31)/t18?,20?,21-/m0/s1. The van der Waals surface area contributed by atoms with Crippen LogP contribution >= 0.6 is 0 Å². The Morgan fingerprint density at radius 1 is 1.26 bits per heavy atom. The summed E-state index contributed by atoms with van der Waals surface area (Å²) in [6.45, 7) is 4.59. The molecule has 0 radical (unpaired) electrons. The van der Waals surface area contributed by atoms with Crippen molar-refractivity contribution in [3.8, 4) is 17.7 Å². The smallest absolute Gasteiger partial charge is 0.216 e. The molecule has 4 rings (SSSR count). The van der Waals surface area contributed by atoms with E-state index in [1.54, 1.807) is 12.3 Å². The van der Waals surface area contributed by atoms with Gasteiger partial charge in [0.05, 0.1) is 30.1 Å². The average Bonchev–Trinajstić information content (AvgIpc) is 2.84. The second kappa shape index (κ2) is 12.5. The van der Waals surface area contributed by atoms with Crippen LogP contribution in [0.5, 0.6) is 11.6 Å². The van der Waals surface area contributed by atoms with Crippen molar-refractivity contribution >= 4 is 5.84 Å². The van der Waals surface area contributed by atoms with Crippen LogP contribution in [-0.4, -0.2) is 47.7 Å². The van der Waals surface area contributed by atoms with Crippen LogP contribution in [0.4, 0.5) is 4.39 Å². The molecule has 2 heterocycles. The highest BCUT2D eigenvalue weighted by atomic mass is 19.1. The number of nitrogens with one attached hydrogen (secondary N) is 1. The van der Waals surface area contributed by atoms with E-state index in [0.29, 0.717) is 23.7 Å². The number of hydrogen-bond acceptors (Lipinski definition) is 7. The summed E-state index contributed by atoms with van der Waals surface area (Å²) in [5.74, 6) is 2.04. The number of aromatic nitrogens is 2. The minimum Gasteiger partial charge on any atom is -0.483 e. The summed E-state index contributed by atoms with van der Waals surface area (Å²) in [6.07, 6.45) is 8.16. The summed E-state index contributed by atoms with van der Waals surface area (Å²) in [7, 11) is 0. The number of halogens is 1. The lowest BCUT2D eigenvalue weighted by Crippen LogP contribution is -2.33. The van der Waals surface area contributed by atoms with Crippen LogP contribution in [0.15, 0.2) is 35.5 Å². The summed E-state index contributed by atoms with van der Waals surface area (Å²) in [6, 6.07) is 7.70. The molecule has 2 aromatic rings. The van der Waals surface area contributed by atoms with Crippen LogP contribution in [-0.2, 0) is 11.3 Å². The monoisotopic (exact) mass is 481 g/mol. The average molecular weight is 482 g/mol. The lowest BCUT2D eigenvalue weighted by atomic mass is 9.85. The summed E-state index contributed by atoms with van der Waals surface area (Å²) in [4.78, 5) is 13.4. The predicted molar refractivity (Wildman–Crippen MR) is 129 cm³/mol. The highest BCUT2D eigenvalue weighted by molar-refractivity contribution is 5.82. The molecule has 1 N–H and O–H groups in total. The van der Waals surface area contributed by atoms with Gasteiger partial charge in [-0.1, -0.05) is 0 Å². The molecule has 1 saturated heterocycles. The third-order valence-electron chi connectivity index (χ3n) is 6.32. The lowest BCUT2D eigenvalue weighted by molar-refractivity contribution is -0.0432. The molecule has 0 unspecified atom stereocenters. The zero-order valence-electron chi connectivity index (χ0n) is 20.1. The third kappa shape index (κ3) is 7.36. The number of hydrogen-bond donors (Lipinski definition) is 1. The molecule has 1 aromatic carbocycles. The fourth-order valence-electron chi connectivity index (χ4n) is 4.28. The zero-order chi connectivity index (χ0) is 24.5. The predicted octanol–water partition coefficient (Wildman–Crippen LogP) is 4.19. The molecule has 0 bridgehead atoms. The normalized spacial score (nSPS) is 22.1. The van der Waals surface area contributed by atoms with E-state index < -0.39 is 5.82 Å². The zero-order valence-corrected chi connectivity index (χ0v) is 20.1. The first-order valence-corrected chi connectivity index (χ1v) is 12.3. The molecule has 1 aliphatic carbocycles. The van der Waals surface area contributed by atoms with Crippen molar-refractivity contribution in [1.82, 2.24) is 15.3 Å². The molecule has 1 atom stereocenters. The molecule has 1 aromatic heterocycles. The molecule has 35 heavy (non-hydrogen) atoms. The van der Waals surface area contributed by atoms with Gasteiger partial charge in [0.15, 0.2) is 17.4 Å². The van der Waals surface area contributed by atoms with Crippen LogP contribution < -0.4 is 14.8 Å². The highest BCUT2D eigenvalue weighted by Gasteiger charge is 2.24. The van der Waals surface area contributed by atoms with Crippen LogP contribution in [0.3, 0.4) is 0 Å². The Labute approximate surface area is 205 Å². The first-order chi connectivity index (χ1) is 17.1. The molecular weight excluding hydrogens is 449 g/mol. The number of ether oxygens (including phenoxy) is 3. The van der Waals surface area contributed by atoms with Gasteiger partial charge in [-0.3, -0.25) is 4.99 Å². The maximum Gasteiger partial charge on any atom is 0.216 e. The molecule has 8 nitrogen and oxygen atoms in total. The topological polar surface area (TPSA) is 102 Å². The van der Waals surface area contributed by atoms with Crippen molar-refractivity contribution in [2.75, 3.05) is 19.7 Å². The molecule has 1 aliphatic heterocycles. The number of benzene rings is 1. The van der Waals surface area contributed by atoms with Gasteiger partial charge in [0, 0.05) is 31.8 Å². The first-order valence-electron chi connectivity index (χ1n) is 12.3. The van der Waals surface area contributed by atoms with E-state index in [4.69, 9.17) is 24.5 Å². The van der Waals surface area contributed by atoms with Crippen LogP contribution in [0.2, 0.25) is 0 Å². The fourth-order valence-corrected chi connectivity index (χ4v) is 4.28. The molecular formula is C26H32FN5O3. The Bertz CT molecular complexity index is 1050. The molecule has 0 spiro atoms. The van der Waals surface area contributed by atoms with Gasteiger partial charge in [-0.25, -0.2) is 9.37 Å². The third-order valence-corrected chi connectivity index (χ3v) is 6.32. The van der Waals surface area contributed by atoms with Crippen molar-refractivity contribution in [3.05, 3.63) is 47.7 Å². The Kier molecular flexibility index (Phi) is 8.85. The van der Waals surface area contributed by atoms with Gasteiger partial charge in [0.25, 0.3) is 0 Å². The second-order valence-corrected chi connectivity index (χ2v) is 8.92. The number of nitriles is 1. The van der Waals surface area contributed by atoms with Gasteiger partial charge < -0.3 is 19.5 Å². The largest absolute Gasteiger partial charge is 0.483 e. The Balaban J connectivity index is 1.24. The van der Waals surface area contributed by atoms with E-state index in [1.165, 1.54) is 12.1 Å². The van der Waals surface area contributed by atoms with Gasteiger partial charge in [0.2, 0.25) is 5.88 Å². The fraction of sp³-hybridized carbons (Fsp3) is 0.538. The Morgan fingerprint density at radius 2 is 2.09 bits per heavy atom. The van der Waals surface area contributed by atoms with Crippen molar-refractivity contribution in [2.24, 2.45) is 10.9 Å². The van der Waals surface area contributed by atoms with Gasteiger partial charge in [0.1, 0.15) is 12.7 Å². The van der Waals surface area contributed by atoms with Crippen molar-refractivity contribution in [1.29, 1.82) is 5.26 Å². The number of nitrogens with zero attached hydrogens (tertiary/aromatic N) is 4. The van der Waals surface area contributed by atoms with Crippen molar-refractivity contribution in [3.63, 3.8) is 0 Å². The van der Waals surface area contributed by atoms with Gasteiger partial charge in [-0.05, 0) is 63.1 Å². The molecule has 0 amide bonds. The van der Waals surface area contributed by atoms with Crippen LogP contribution in [0.1, 0.15) is 56.8 Å². The molecule has 9 heteroatoms. The summed E-state index contributed by atoms with van der Waals surface area (Å²) < 4.78 is 31.1. The second-order valence-electron chi connectivity index (χ2n) is 8.92. The maximum absolute atomic E-state index is 14.0. The van der Waals surface area contributed by atoms with E-state index in [2.05, 4.69) is 22.2 Å². The van der Waals surface area contributed by atoms with Gasteiger partial charge in [-0.15, -0.1) is 0 Å². The minimum absolute atomic E-state index is 0.00516.